The van der Waals surface area contributed by atoms with Crippen LogP contribution in [0.4, 0.5) is 0 Å². The van der Waals surface area contributed by atoms with E-state index in [0.29, 0.717) is 11.1 Å². The Kier molecular flexibility index (Phi) is 5.86. The van der Waals surface area contributed by atoms with E-state index >= 15 is 0 Å². The van der Waals surface area contributed by atoms with Gasteiger partial charge in [0.15, 0.2) is 5.78 Å². The van der Waals surface area contributed by atoms with Crippen molar-refractivity contribution in [1.82, 2.24) is 0 Å². The van der Waals surface area contributed by atoms with Crippen molar-refractivity contribution < 1.29 is 8.98 Å². The molecule has 2 aromatic rings. The first-order valence-electron chi connectivity index (χ1n) is 5.58. The van der Waals surface area contributed by atoms with Crippen LogP contribution >= 0.6 is 59.8 Å². The average molecular weight is 481 g/mol. The molecule has 104 valence electrons. The number of rotatable bonds is 4. The summed E-state index contributed by atoms with van der Waals surface area (Å²) in [6, 6.07) is 16.5. The Morgan fingerprint density at radius 3 is 2.25 bits per heavy atom. The number of halogens is 3. The van der Waals surface area contributed by atoms with Gasteiger partial charge in [-0.1, -0.05) is 42.5 Å². The van der Waals surface area contributed by atoms with Gasteiger partial charge >= 0.3 is 0 Å². The van der Waals surface area contributed by atoms with Gasteiger partial charge in [-0.3, -0.25) is 8.98 Å². The highest BCUT2D eigenvalue weighted by molar-refractivity contribution is 9.39. The molecule has 0 fully saturated rings. The first-order valence-corrected chi connectivity index (χ1v) is 8.70. The third kappa shape index (κ3) is 5.00. The molecule has 2 rings (SSSR count). The minimum absolute atomic E-state index is 0.00385. The molecule has 0 radical (unpaired) electrons. The van der Waals surface area contributed by atoms with Crippen molar-refractivity contribution in [2.45, 2.75) is 7.22 Å². The summed E-state index contributed by atoms with van der Waals surface area (Å²) >= 11 is 10.9. The highest BCUT2D eigenvalue weighted by atomic mass is 80.0. The van der Waals surface area contributed by atoms with E-state index in [1.165, 1.54) is 0 Å². The molecule has 0 N–H and O–H groups in total. The van der Waals surface area contributed by atoms with E-state index in [9.17, 15) is 4.79 Å². The lowest BCUT2D eigenvalue weighted by Crippen LogP contribution is -2.02. The van der Waals surface area contributed by atoms with Gasteiger partial charge < -0.3 is 0 Å². The Balaban J connectivity index is 2.16. The van der Waals surface area contributed by atoms with Crippen molar-refractivity contribution in [3.05, 3.63) is 65.7 Å². The predicted molar refractivity (Wildman–Crippen MR) is 92.8 cm³/mol. The summed E-state index contributed by atoms with van der Waals surface area (Å²) in [7, 11) is 0. The molecule has 0 saturated heterocycles. The van der Waals surface area contributed by atoms with Gasteiger partial charge in [0.2, 0.25) is 2.33 Å². The van der Waals surface area contributed by atoms with E-state index in [1.807, 2.05) is 30.3 Å². The molecule has 0 heterocycles. The van der Waals surface area contributed by atoms with Crippen molar-refractivity contribution >= 4 is 65.6 Å². The molecule has 0 spiro atoms. The number of carbonyl (C=O) groups excluding carboxylic acids is 1. The lowest BCUT2D eigenvalue weighted by atomic mass is 10.0. The molecule has 0 atom stereocenters. The molecule has 6 heteroatoms. The second-order valence-electron chi connectivity index (χ2n) is 3.84. The monoisotopic (exact) mass is 478 g/mol. The average Bonchev–Trinajstić information content (AvgIpc) is 2.45. The highest BCUT2D eigenvalue weighted by Gasteiger charge is 2.19. The molecule has 0 bridgehead atoms. The van der Waals surface area contributed by atoms with Crippen molar-refractivity contribution in [3.63, 3.8) is 0 Å². The first kappa shape index (κ1) is 16.2. The van der Waals surface area contributed by atoms with E-state index in [2.05, 4.69) is 47.8 Å². The van der Waals surface area contributed by atoms with E-state index in [4.69, 9.17) is 4.18 Å². The van der Waals surface area contributed by atoms with Crippen LogP contribution in [0.25, 0.3) is 0 Å². The maximum absolute atomic E-state index is 12.3. The fourth-order valence-electron chi connectivity index (χ4n) is 1.54. The number of ketones is 1. The summed E-state index contributed by atoms with van der Waals surface area (Å²) in [6.07, 6.45) is 0. The summed E-state index contributed by atoms with van der Waals surface area (Å²) in [5, 5.41) is 0. The summed E-state index contributed by atoms with van der Waals surface area (Å²) in [6.45, 7) is 0. The largest absolute Gasteiger partial charge is 0.289 e. The standard InChI is InChI=1S/C14H9Br3O2S/c15-14(16,17)19-20-12-8-4-7-11(9-12)13(18)10-5-2-1-3-6-10/h1-9H. The smallest absolute Gasteiger partial charge is 0.246 e. The van der Waals surface area contributed by atoms with Crippen molar-refractivity contribution in [2.75, 3.05) is 0 Å². The van der Waals surface area contributed by atoms with Gasteiger partial charge in [0.25, 0.3) is 0 Å². The van der Waals surface area contributed by atoms with Crippen molar-refractivity contribution in [2.24, 2.45) is 0 Å². The normalized spacial score (nSPS) is 11.3. The highest BCUT2D eigenvalue weighted by Crippen LogP contribution is 2.40. The maximum atomic E-state index is 12.3. The summed E-state index contributed by atoms with van der Waals surface area (Å²) in [5.41, 5.74) is 1.31. The van der Waals surface area contributed by atoms with Crippen molar-refractivity contribution in [1.29, 1.82) is 0 Å². The second-order valence-corrected chi connectivity index (χ2v) is 11.2. The zero-order chi connectivity index (χ0) is 14.6. The van der Waals surface area contributed by atoms with Crippen LogP contribution in [0.1, 0.15) is 15.9 Å². The molecular weight excluding hydrogens is 472 g/mol. The second kappa shape index (κ2) is 7.22. The molecule has 2 aromatic carbocycles. The minimum Gasteiger partial charge on any atom is -0.289 e. The lowest BCUT2D eigenvalue weighted by Gasteiger charge is -2.11. The van der Waals surface area contributed by atoms with Crippen LogP contribution in [0.5, 0.6) is 0 Å². The van der Waals surface area contributed by atoms with Crippen LogP contribution in [0, 0.1) is 0 Å². The van der Waals surface area contributed by atoms with Crippen LogP contribution < -0.4 is 0 Å². The molecule has 0 aliphatic rings. The quantitative estimate of drug-likeness (QED) is 0.317. The topological polar surface area (TPSA) is 26.3 Å². The Hall–Kier alpha value is -0.140. The van der Waals surface area contributed by atoms with E-state index in [-0.39, 0.29) is 5.78 Å². The van der Waals surface area contributed by atoms with E-state index in [0.717, 1.165) is 16.9 Å². The molecule has 0 aliphatic carbocycles. The first-order chi connectivity index (χ1) is 9.46. The van der Waals surface area contributed by atoms with Gasteiger partial charge in [-0.15, -0.1) is 0 Å². The molecule has 20 heavy (non-hydrogen) atoms. The third-order valence-corrected chi connectivity index (χ3v) is 4.27. The van der Waals surface area contributed by atoms with Crippen LogP contribution in [-0.4, -0.2) is 8.11 Å². The molecule has 0 saturated carbocycles. The minimum atomic E-state index is -0.781. The van der Waals surface area contributed by atoms with Crippen molar-refractivity contribution in [3.8, 4) is 0 Å². The third-order valence-electron chi connectivity index (χ3n) is 2.36. The molecule has 0 amide bonds. The molecule has 0 aromatic heterocycles. The fraction of sp³-hybridized carbons (Fsp3) is 0.0714. The summed E-state index contributed by atoms with van der Waals surface area (Å²) < 4.78 is 4.63. The molecule has 0 aliphatic heterocycles. The van der Waals surface area contributed by atoms with Gasteiger partial charge in [-0.05, 0) is 59.9 Å². The van der Waals surface area contributed by atoms with Gasteiger partial charge in [-0.2, -0.15) is 0 Å². The number of carbonyl (C=O) groups is 1. The summed E-state index contributed by atoms with van der Waals surface area (Å²) in [5.74, 6) is -0.00385. The Morgan fingerprint density at radius 1 is 0.950 bits per heavy atom. The molecular formula is C14H9Br3O2S. The van der Waals surface area contributed by atoms with Gasteiger partial charge in [0, 0.05) is 28.1 Å². The zero-order valence-corrected chi connectivity index (χ0v) is 15.6. The molecule has 2 nitrogen and oxygen atoms in total. The predicted octanol–water partition coefficient (Wildman–Crippen LogP) is 5.74. The number of alkyl halides is 3. The SMILES string of the molecule is O=C(c1ccccc1)c1cccc(SOC(Br)(Br)Br)c1. The Morgan fingerprint density at radius 2 is 1.60 bits per heavy atom. The van der Waals surface area contributed by atoms with Gasteiger partial charge in [-0.25, -0.2) is 0 Å². The zero-order valence-electron chi connectivity index (χ0n) is 10.1. The number of hydrogen-bond donors (Lipinski definition) is 0. The van der Waals surface area contributed by atoms with Gasteiger partial charge in [0.1, 0.15) is 0 Å². The lowest BCUT2D eigenvalue weighted by molar-refractivity contribution is 0.103. The van der Waals surface area contributed by atoms with Crippen LogP contribution in [0.15, 0.2) is 59.5 Å². The number of benzene rings is 2. The van der Waals surface area contributed by atoms with E-state index < -0.39 is 2.33 Å². The molecule has 0 unspecified atom stereocenters. The van der Waals surface area contributed by atoms with Crippen LogP contribution in [-0.2, 0) is 4.18 Å². The Bertz CT molecular complexity index is 597. The van der Waals surface area contributed by atoms with Crippen LogP contribution in [0.3, 0.4) is 0 Å². The van der Waals surface area contributed by atoms with E-state index in [1.54, 1.807) is 24.3 Å². The fourth-order valence-corrected chi connectivity index (χ4v) is 2.64. The Labute approximate surface area is 146 Å². The van der Waals surface area contributed by atoms with Gasteiger partial charge in [0.05, 0.1) is 0 Å². The maximum Gasteiger partial charge on any atom is 0.246 e. The van der Waals surface area contributed by atoms with Crippen LogP contribution in [0.2, 0.25) is 0 Å². The number of hydrogen-bond acceptors (Lipinski definition) is 3. The summed E-state index contributed by atoms with van der Waals surface area (Å²) in [4.78, 5) is 13.2.